The third kappa shape index (κ3) is 7.55. The number of carbonyl (C=O) groups excluding carboxylic acids is 1. The van der Waals surface area contributed by atoms with E-state index in [1.54, 1.807) is 6.26 Å². The lowest BCUT2D eigenvalue weighted by Crippen LogP contribution is -2.30. The molecule has 0 unspecified atom stereocenters. The van der Waals surface area contributed by atoms with Crippen molar-refractivity contribution in [2.45, 2.75) is 26.9 Å². The van der Waals surface area contributed by atoms with E-state index < -0.39 is 0 Å². The number of hydrogen-bond acceptors (Lipinski definition) is 5. The van der Waals surface area contributed by atoms with Crippen molar-refractivity contribution in [3.05, 3.63) is 71.6 Å². The highest BCUT2D eigenvalue weighted by atomic mass is 16.5. The molecule has 2 aromatic carbocycles. The number of nitrogens with one attached hydrogen (secondary N) is 2. The molecule has 0 aliphatic carbocycles. The van der Waals surface area contributed by atoms with E-state index in [2.05, 4.69) is 15.6 Å². The van der Waals surface area contributed by atoms with Crippen LogP contribution in [0.25, 0.3) is 11.5 Å². The monoisotopic (exact) mass is 423 g/mol. The minimum Gasteiger partial charge on any atom is -0.444 e. The maximum atomic E-state index is 12.2. The number of aromatic nitrogens is 1. The highest BCUT2D eigenvalue weighted by molar-refractivity contribution is 5.89. The summed E-state index contributed by atoms with van der Waals surface area (Å²) >= 11 is 0. The van der Waals surface area contributed by atoms with Crippen LogP contribution in [-0.4, -0.2) is 37.4 Å². The van der Waals surface area contributed by atoms with E-state index in [0.717, 1.165) is 16.8 Å². The Labute approximate surface area is 182 Å². The second kappa shape index (κ2) is 11.9. The molecule has 0 fully saturated rings. The van der Waals surface area contributed by atoms with Crippen molar-refractivity contribution in [2.24, 2.45) is 0 Å². The Morgan fingerprint density at radius 2 is 1.90 bits per heavy atom. The predicted molar refractivity (Wildman–Crippen MR) is 120 cm³/mol. The van der Waals surface area contributed by atoms with Crippen LogP contribution in [0.4, 0.5) is 10.5 Å². The average molecular weight is 424 g/mol. The van der Waals surface area contributed by atoms with Crippen LogP contribution in [0.2, 0.25) is 0 Å². The topological polar surface area (TPSA) is 85.6 Å². The van der Waals surface area contributed by atoms with Gasteiger partial charge >= 0.3 is 6.03 Å². The van der Waals surface area contributed by atoms with Gasteiger partial charge in [-0.15, -0.1) is 0 Å². The molecule has 3 rings (SSSR count). The summed E-state index contributed by atoms with van der Waals surface area (Å²) < 4.78 is 16.4. The maximum Gasteiger partial charge on any atom is 0.319 e. The molecule has 1 heterocycles. The fraction of sp³-hybridized carbons (Fsp3) is 0.333. The van der Waals surface area contributed by atoms with Gasteiger partial charge in [0.2, 0.25) is 5.89 Å². The highest BCUT2D eigenvalue weighted by Crippen LogP contribution is 2.19. The van der Waals surface area contributed by atoms with Crippen LogP contribution in [0, 0.1) is 6.92 Å². The van der Waals surface area contributed by atoms with Gasteiger partial charge in [-0.2, -0.15) is 0 Å². The van der Waals surface area contributed by atoms with E-state index in [9.17, 15) is 4.79 Å². The summed E-state index contributed by atoms with van der Waals surface area (Å²) in [5.41, 5.74) is 4.61. The fourth-order valence-corrected chi connectivity index (χ4v) is 2.92. The Hall–Kier alpha value is -3.16. The number of benzene rings is 2. The van der Waals surface area contributed by atoms with Crippen LogP contribution in [0.5, 0.6) is 0 Å². The standard InChI is InChI=1S/C24H29N3O4/c1-3-29-13-14-30-16-19-5-4-6-21(15-19)27-24(28)25-12-11-22-17-31-23(26-22)20-9-7-18(2)8-10-20/h4-10,15,17H,3,11-14,16H2,1-2H3,(H2,25,27,28). The van der Waals surface area contributed by atoms with Crippen LogP contribution in [-0.2, 0) is 22.5 Å². The van der Waals surface area contributed by atoms with Crippen molar-refractivity contribution in [1.82, 2.24) is 10.3 Å². The SMILES string of the molecule is CCOCCOCc1cccc(NC(=O)NCCc2coc(-c3ccc(C)cc3)n2)c1. The van der Waals surface area contributed by atoms with Crippen molar-refractivity contribution in [2.75, 3.05) is 31.7 Å². The number of oxazole rings is 1. The summed E-state index contributed by atoms with van der Waals surface area (Å²) in [6.07, 6.45) is 2.21. The number of carbonyl (C=O) groups is 1. The quantitative estimate of drug-likeness (QED) is 0.441. The average Bonchev–Trinajstić information content (AvgIpc) is 3.23. The molecule has 0 radical (unpaired) electrons. The molecule has 0 spiro atoms. The molecule has 7 heteroatoms. The van der Waals surface area contributed by atoms with Crippen molar-refractivity contribution in [1.29, 1.82) is 0 Å². The van der Waals surface area contributed by atoms with Gasteiger partial charge in [-0.25, -0.2) is 9.78 Å². The third-order valence-electron chi connectivity index (χ3n) is 4.55. The fourth-order valence-electron chi connectivity index (χ4n) is 2.92. The zero-order chi connectivity index (χ0) is 21.9. The number of anilines is 1. The Morgan fingerprint density at radius 3 is 2.71 bits per heavy atom. The van der Waals surface area contributed by atoms with Gasteiger partial charge in [0.25, 0.3) is 0 Å². The largest absolute Gasteiger partial charge is 0.444 e. The number of rotatable bonds is 11. The minimum atomic E-state index is -0.267. The number of ether oxygens (including phenoxy) is 2. The smallest absolute Gasteiger partial charge is 0.319 e. The summed E-state index contributed by atoms with van der Waals surface area (Å²) in [4.78, 5) is 16.7. The van der Waals surface area contributed by atoms with Gasteiger partial charge in [-0.1, -0.05) is 29.8 Å². The maximum absolute atomic E-state index is 12.2. The highest BCUT2D eigenvalue weighted by Gasteiger charge is 2.08. The number of amides is 2. The lowest BCUT2D eigenvalue weighted by molar-refractivity contribution is 0.0453. The Kier molecular flexibility index (Phi) is 8.63. The van der Waals surface area contributed by atoms with Gasteiger partial charge in [0.15, 0.2) is 0 Å². The van der Waals surface area contributed by atoms with Crippen molar-refractivity contribution in [3.63, 3.8) is 0 Å². The van der Waals surface area contributed by atoms with E-state index in [1.807, 2.05) is 62.4 Å². The molecule has 31 heavy (non-hydrogen) atoms. The molecule has 1 aromatic heterocycles. The molecule has 0 saturated carbocycles. The van der Waals surface area contributed by atoms with Crippen LogP contribution >= 0.6 is 0 Å². The van der Waals surface area contributed by atoms with Gasteiger partial charge < -0.3 is 24.5 Å². The van der Waals surface area contributed by atoms with Crippen LogP contribution in [0.15, 0.2) is 59.2 Å². The zero-order valence-electron chi connectivity index (χ0n) is 18.0. The van der Waals surface area contributed by atoms with E-state index in [1.165, 1.54) is 5.56 Å². The second-order valence-corrected chi connectivity index (χ2v) is 7.09. The van der Waals surface area contributed by atoms with Crippen LogP contribution in [0.1, 0.15) is 23.7 Å². The van der Waals surface area contributed by atoms with E-state index in [0.29, 0.717) is 51.0 Å². The number of hydrogen-bond donors (Lipinski definition) is 2. The molecule has 7 nitrogen and oxygen atoms in total. The molecular formula is C24H29N3O4. The van der Waals surface area contributed by atoms with E-state index in [-0.39, 0.29) is 6.03 Å². The van der Waals surface area contributed by atoms with Gasteiger partial charge in [0.05, 0.1) is 25.5 Å². The Morgan fingerprint density at radius 1 is 1.10 bits per heavy atom. The van der Waals surface area contributed by atoms with Gasteiger partial charge in [-0.3, -0.25) is 0 Å². The molecule has 164 valence electrons. The van der Waals surface area contributed by atoms with E-state index in [4.69, 9.17) is 13.9 Å². The van der Waals surface area contributed by atoms with Crippen LogP contribution < -0.4 is 10.6 Å². The number of nitrogens with zero attached hydrogens (tertiary/aromatic N) is 1. The number of urea groups is 1. The Bertz CT molecular complexity index is 953. The predicted octanol–water partition coefficient (Wildman–Crippen LogP) is 4.57. The van der Waals surface area contributed by atoms with Crippen molar-refractivity contribution < 1.29 is 18.7 Å². The lowest BCUT2D eigenvalue weighted by atomic mass is 10.1. The first-order valence-corrected chi connectivity index (χ1v) is 10.4. The summed E-state index contributed by atoms with van der Waals surface area (Å²) in [5, 5.41) is 5.68. The molecule has 0 atom stereocenters. The number of aryl methyl sites for hydroxylation is 1. The molecule has 0 aliphatic rings. The Balaban J connectivity index is 1.40. The summed E-state index contributed by atoms with van der Waals surface area (Å²) in [7, 11) is 0. The molecular weight excluding hydrogens is 394 g/mol. The third-order valence-corrected chi connectivity index (χ3v) is 4.55. The minimum absolute atomic E-state index is 0.267. The summed E-state index contributed by atoms with van der Waals surface area (Å²) in [5.74, 6) is 0.583. The summed E-state index contributed by atoms with van der Waals surface area (Å²) in [6, 6.07) is 15.3. The molecule has 2 N–H and O–H groups in total. The van der Waals surface area contributed by atoms with Gasteiger partial charge in [-0.05, 0) is 43.7 Å². The first kappa shape index (κ1) is 22.5. The first-order chi connectivity index (χ1) is 15.1. The normalized spacial score (nSPS) is 10.8. The molecule has 2 amide bonds. The lowest BCUT2D eigenvalue weighted by Gasteiger charge is -2.09. The molecule has 0 aliphatic heterocycles. The summed E-state index contributed by atoms with van der Waals surface area (Å²) in [6.45, 7) is 6.72. The van der Waals surface area contributed by atoms with Crippen molar-refractivity contribution in [3.8, 4) is 11.5 Å². The zero-order valence-corrected chi connectivity index (χ0v) is 18.0. The van der Waals surface area contributed by atoms with Crippen LogP contribution in [0.3, 0.4) is 0 Å². The molecule has 0 saturated heterocycles. The van der Waals surface area contributed by atoms with Crippen molar-refractivity contribution >= 4 is 11.7 Å². The van der Waals surface area contributed by atoms with Gasteiger partial charge in [0.1, 0.15) is 6.26 Å². The second-order valence-electron chi connectivity index (χ2n) is 7.09. The molecule has 3 aromatic rings. The first-order valence-electron chi connectivity index (χ1n) is 10.4. The molecule has 0 bridgehead atoms. The van der Waals surface area contributed by atoms with Gasteiger partial charge in [0, 0.05) is 30.8 Å². The van der Waals surface area contributed by atoms with E-state index >= 15 is 0 Å².